The molecule has 2 N–H and O–H groups in total. The predicted octanol–water partition coefficient (Wildman–Crippen LogP) is 3.88. The molecule has 0 aliphatic heterocycles. The average molecular weight is 248 g/mol. The van der Waals surface area contributed by atoms with Crippen LogP contribution >= 0.6 is 0 Å². The topological polar surface area (TPSA) is 29.3 Å². The third kappa shape index (κ3) is 4.69. The summed E-state index contributed by atoms with van der Waals surface area (Å²) in [5.74, 6) is 0.599. The Morgan fingerprint density at radius 2 is 1.72 bits per heavy atom. The number of hydrogen-bond acceptors (Lipinski definition) is 2. The van der Waals surface area contributed by atoms with Crippen LogP contribution in [-0.2, 0) is 0 Å². The largest absolute Gasteiger partial charge is 0.399 e. The summed E-state index contributed by atoms with van der Waals surface area (Å²) in [7, 11) is 2.23. The van der Waals surface area contributed by atoms with E-state index in [1.807, 2.05) is 12.1 Å². The summed E-state index contributed by atoms with van der Waals surface area (Å²) in [5.41, 5.74) is 7.95. The second kappa shape index (κ2) is 7.42. The van der Waals surface area contributed by atoms with E-state index in [-0.39, 0.29) is 0 Å². The van der Waals surface area contributed by atoms with Crippen molar-refractivity contribution in [2.45, 2.75) is 52.0 Å². The lowest BCUT2D eigenvalue weighted by Crippen LogP contribution is -2.30. The lowest BCUT2D eigenvalue weighted by molar-refractivity contribution is 0.237. The SMILES string of the molecule is CCCC(C)N(C)CCC(C)c1ccc(N)cc1. The molecule has 0 bridgehead atoms. The maximum atomic E-state index is 5.71. The van der Waals surface area contributed by atoms with Crippen molar-refractivity contribution in [2.75, 3.05) is 19.3 Å². The number of nitrogens with zero attached hydrogens (tertiary/aromatic N) is 1. The Labute approximate surface area is 112 Å². The molecule has 2 atom stereocenters. The van der Waals surface area contributed by atoms with Crippen LogP contribution < -0.4 is 5.73 Å². The summed E-state index contributed by atoms with van der Waals surface area (Å²) in [6.45, 7) is 8.02. The number of nitrogens with two attached hydrogens (primary N) is 1. The molecule has 0 aliphatic carbocycles. The highest BCUT2D eigenvalue weighted by molar-refractivity contribution is 5.40. The van der Waals surface area contributed by atoms with Crippen molar-refractivity contribution >= 4 is 5.69 Å². The fourth-order valence-corrected chi connectivity index (χ4v) is 2.25. The molecule has 102 valence electrons. The van der Waals surface area contributed by atoms with Crippen molar-refractivity contribution in [3.05, 3.63) is 29.8 Å². The van der Waals surface area contributed by atoms with E-state index < -0.39 is 0 Å². The number of benzene rings is 1. The van der Waals surface area contributed by atoms with Crippen LogP contribution in [0.2, 0.25) is 0 Å². The van der Waals surface area contributed by atoms with Gasteiger partial charge in [0, 0.05) is 11.7 Å². The molecular weight excluding hydrogens is 220 g/mol. The molecule has 18 heavy (non-hydrogen) atoms. The maximum Gasteiger partial charge on any atom is 0.0314 e. The van der Waals surface area contributed by atoms with E-state index in [1.54, 1.807) is 0 Å². The van der Waals surface area contributed by atoms with E-state index in [0.717, 1.165) is 12.2 Å². The molecule has 0 amide bonds. The van der Waals surface area contributed by atoms with Crippen LogP contribution in [0.25, 0.3) is 0 Å². The molecule has 0 aliphatic rings. The van der Waals surface area contributed by atoms with Gasteiger partial charge >= 0.3 is 0 Å². The van der Waals surface area contributed by atoms with E-state index in [0.29, 0.717) is 12.0 Å². The summed E-state index contributed by atoms with van der Waals surface area (Å²) < 4.78 is 0. The lowest BCUT2D eigenvalue weighted by Gasteiger charge is -2.25. The smallest absolute Gasteiger partial charge is 0.0314 e. The predicted molar refractivity (Wildman–Crippen MR) is 80.9 cm³/mol. The van der Waals surface area contributed by atoms with Crippen LogP contribution in [0.1, 0.15) is 51.5 Å². The molecule has 0 fully saturated rings. The van der Waals surface area contributed by atoms with Gasteiger partial charge in [-0.15, -0.1) is 0 Å². The number of hydrogen-bond donors (Lipinski definition) is 1. The van der Waals surface area contributed by atoms with Crippen LogP contribution in [-0.4, -0.2) is 24.5 Å². The van der Waals surface area contributed by atoms with Gasteiger partial charge < -0.3 is 10.6 Å². The Morgan fingerprint density at radius 3 is 2.28 bits per heavy atom. The van der Waals surface area contributed by atoms with Gasteiger partial charge in [-0.1, -0.05) is 32.4 Å². The lowest BCUT2D eigenvalue weighted by atomic mass is 9.97. The number of anilines is 1. The normalized spacial score (nSPS) is 14.7. The molecular formula is C16H28N2. The van der Waals surface area contributed by atoms with Crippen molar-refractivity contribution in [1.29, 1.82) is 0 Å². The summed E-state index contributed by atoms with van der Waals surface area (Å²) >= 11 is 0. The first-order chi connectivity index (χ1) is 8.54. The van der Waals surface area contributed by atoms with Gasteiger partial charge in [-0.2, -0.15) is 0 Å². The Balaban J connectivity index is 2.41. The van der Waals surface area contributed by atoms with Crippen molar-refractivity contribution in [3.8, 4) is 0 Å². The van der Waals surface area contributed by atoms with Gasteiger partial charge in [0.25, 0.3) is 0 Å². The molecule has 1 aromatic carbocycles. The minimum atomic E-state index is 0.599. The average Bonchev–Trinajstić information content (AvgIpc) is 2.36. The van der Waals surface area contributed by atoms with Crippen LogP contribution in [0.5, 0.6) is 0 Å². The van der Waals surface area contributed by atoms with Gasteiger partial charge in [-0.3, -0.25) is 0 Å². The van der Waals surface area contributed by atoms with E-state index in [4.69, 9.17) is 5.73 Å². The zero-order valence-corrected chi connectivity index (χ0v) is 12.3. The highest BCUT2D eigenvalue weighted by Gasteiger charge is 2.11. The van der Waals surface area contributed by atoms with E-state index >= 15 is 0 Å². The number of rotatable bonds is 7. The van der Waals surface area contributed by atoms with Crippen LogP contribution in [0, 0.1) is 0 Å². The van der Waals surface area contributed by atoms with Crippen molar-refractivity contribution in [1.82, 2.24) is 4.90 Å². The Hall–Kier alpha value is -1.02. The Morgan fingerprint density at radius 1 is 1.11 bits per heavy atom. The van der Waals surface area contributed by atoms with Gasteiger partial charge in [-0.25, -0.2) is 0 Å². The standard InChI is InChI=1S/C16H28N2/c1-5-6-14(3)18(4)12-11-13(2)15-7-9-16(17)10-8-15/h7-10,13-14H,5-6,11-12,17H2,1-4H3. The third-order valence-electron chi connectivity index (χ3n) is 3.88. The highest BCUT2D eigenvalue weighted by Crippen LogP contribution is 2.20. The van der Waals surface area contributed by atoms with Crippen LogP contribution in [0.4, 0.5) is 5.69 Å². The van der Waals surface area contributed by atoms with Gasteiger partial charge in [0.2, 0.25) is 0 Å². The maximum absolute atomic E-state index is 5.71. The van der Waals surface area contributed by atoms with E-state index in [9.17, 15) is 0 Å². The highest BCUT2D eigenvalue weighted by atomic mass is 15.1. The second-order valence-corrected chi connectivity index (χ2v) is 5.47. The van der Waals surface area contributed by atoms with Crippen molar-refractivity contribution in [3.63, 3.8) is 0 Å². The summed E-state index contributed by atoms with van der Waals surface area (Å²) in [4.78, 5) is 2.47. The molecule has 0 saturated heterocycles. The van der Waals surface area contributed by atoms with E-state index in [2.05, 4.69) is 44.9 Å². The number of nitrogen functional groups attached to an aromatic ring is 1. The first-order valence-corrected chi connectivity index (χ1v) is 7.10. The minimum Gasteiger partial charge on any atom is -0.399 e. The zero-order chi connectivity index (χ0) is 13.5. The fourth-order valence-electron chi connectivity index (χ4n) is 2.25. The fraction of sp³-hybridized carbons (Fsp3) is 0.625. The van der Waals surface area contributed by atoms with Crippen LogP contribution in [0.3, 0.4) is 0 Å². The van der Waals surface area contributed by atoms with Gasteiger partial charge in [-0.05, 0) is 57.0 Å². The van der Waals surface area contributed by atoms with Crippen molar-refractivity contribution in [2.24, 2.45) is 0 Å². The summed E-state index contributed by atoms with van der Waals surface area (Å²) in [5, 5.41) is 0. The molecule has 0 aromatic heterocycles. The molecule has 0 spiro atoms. The molecule has 2 unspecified atom stereocenters. The molecule has 2 heteroatoms. The zero-order valence-electron chi connectivity index (χ0n) is 12.3. The molecule has 0 heterocycles. The van der Waals surface area contributed by atoms with Crippen molar-refractivity contribution < 1.29 is 0 Å². The van der Waals surface area contributed by atoms with Crippen LogP contribution in [0.15, 0.2) is 24.3 Å². The monoisotopic (exact) mass is 248 g/mol. The second-order valence-electron chi connectivity index (χ2n) is 5.47. The first-order valence-electron chi connectivity index (χ1n) is 7.10. The van der Waals surface area contributed by atoms with Gasteiger partial charge in [0.05, 0.1) is 0 Å². The third-order valence-corrected chi connectivity index (χ3v) is 3.88. The first kappa shape index (κ1) is 15.0. The Kier molecular flexibility index (Phi) is 6.20. The van der Waals surface area contributed by atoms with Gasteiger partial charge in [0.1, 0.15) is 0 Å². The molecule has 1 rings (SSSR count). The molecule has 1 aromatic rings. The minimum absolute atomic E-state index is 0.599. The van der Waals surface area contributed by atoms with E-state index in [1.165, 1.54) is 24.8 Å². The quantitative estimate of drug-likeness (QED) is 0.742. The summed E-state index contributed by atoms with van der Waals surface area (Å²) in [6.07, 6.45) is 3.75. The summed E-state index contributed by atoms with van der Waals surface area (Å²) in [6, 6.07) is 8.98. The molecule has 0 saturated carbocycles. The van der Waals surface area contributed by atoms with Gasteiger partial charge in [0.15, 0.2) is 0 Å². The Bertz CT molecular complexity index is 331. The molecule has 2 nitrogen and oxygen atoms in total. The molecule has 0 radical (unpaired) electrons.